The predicted octanol–water partition coefficient (Wildman–Crippen LogP) is 2.13. The number of carbonyl (C=O) groups is 1. The van der Waals surface area contributed by atoms with E-state index in [9.17, 15) is 4.79 Å². The van der Waals surface area contributed by atoms with Crippen molar-refractivity contribution in [2.24, 2.45) is 5.73 Å². The van der Waals surface area contributed by atoms with Crippen LogP contribution in [0.3, 0.4) is 0 Å². The van der Waals surface area contributed by atoms with Crippen LogP contribution in [-0.2, 0) is 0 Å². The van der Waals surface area contributed by atoms with Gasteiger partial charge in [-0.25, -0.2) is 4.79 Å². The monoisotopic (exact) mass is 251 g/mol. The van der Waals surface area contributed by atoms with Crippen molar-refractivity contribution in [1.29, 1.82) is 0 Å². The molecule has 5 heteroatoms. The largest absolute Gasteiger partial charge is 0.393 e. The zero-order valence-corrected chi connectivity index (χ0v) is 10.9. The van der Waals surface area contributed by atoms with Gasteiger partial charge in [-0.3, -0.25) is 0 Å². The second kappa shape index (κ2) is 6.20. The van der Waals surface area contributed by atoms with Crippen molar-refractivity contribution >= 4 is 28.9 Å². The topological polar surface area (TPSA) is 58.4 Å². The van der Waals surface area contributed by atoms with Crippen LogP contribution in [0.25, 0.3) is 0 Å². The minimum atomic E-state index is -0.162. The van der Waals surface area contributed by atoms with Crippen LogP contribution in [0.4, 0.5) is 10.5 Å². The molecule has 0 heterocycles. The Hall–Kier alpha value is -1.62. The van der Waals surface area contributed by atoms with E-state index in [1.807, 2.05) is 31.2 Å². The Morgan fingerprint density at radius 3 is 2.53 bits per heavy atom. The average Bonchev–Trinajstić information content (AvgIpc) is 2.28. The first-order chi connectivity index (χ1) is 7.99. The number of benzene rings is 1. The number of carbonyl (C=O) groups excluding carboxylic acids is 1. The molecule has 0 aromatic heterocycles. The quantitative estimate of drug-likeness (QED) is 0.806. The fourth-order valence-electron chi connectivity index (χ4n) is 1.24. The molecule has 17 heavy (non-hydrogen) atoms. The van der Waals surface area contributed by atoms with Crippen LogP contribution in [0.15, 0.2) is 24.3 Å². The Kier molecular flexibility index (Phi) is 4.90. The third-order valence-corrected chi connectivity index (χ3v) is 2.55. The Bertz CT molecular complexity index is 403. The van der Waals surface area contributed by atoms with Crippen molar-refractivity contribution < 1.29 is 4.79 Å². The van der Waals surface area contributed by atoms with E-state index < -0.39 is 0 Å². The van der Waals surface area contributed by atoms with Gasteiger partial charge in [-0.2, -0.15) is 0 Å². The maximum Gasteiger partial charge on any atom is 0.321 e. The van der Waals surface area contributed by atoms with Crippen LogP contribution in [0.2, 0.25) is 0 Å². The molecule has 0 saturated heterocycles. The van der Waals surface area contributed by atoms with Gasteiger partial charge in [-0.1, -0.05) is 29.9 Å². The van der Waals surface area contributed by atoms with Gasteiger partial charge in [0.2, 0.25) is 0 Å². The van der Waals surface area contributed by atoms with E-state index in [1.54, 1.807) is 11.9 Å². The number of nitrogens with one attached hydrogen (secondary N) is 1. The fraction of sp³-hybridized carbons (Fsp3) is 0.333. The maximum atomic E-state index is 11.7. The van der Waals surface area contributed by atoms with E-state index in [1.165, 1.54) is 0 Å². The van der Waals surface area contributed by atoms with Crippen molar-refractivity contribution in [2.75, 3.05) is 18.9 Å². The van der Waals surface area contributed by atoms with Crippen LogP contribution in [0.5, 0.6) is 0 Å². The lowest BCUT2D eigenvalue weighted by Crippen LogP contribution is -2.33. The van der Waals surface area contributed by atoms with Crippen LogP contribution in [0, 0.1) is 6.92 Å². The van der Waals surface area contributed by atoms with Crippen LogP contribution < -0.4 is 11.1 Å². The van der Waals surface area contributed by atoms with Gasteiger partial charge in [0.15, 0.2) is 0 Å². The number of nitrogens with two attached hydrogens (primary N) is 1. The first-order valence-corrected chi connectivity index (χ1v) is 5.77. The summed E-state index contributed by atoms with van der Waals surface area (Å²) in [5.74, 6) is 0. The van der Waals surface area contributed by atoms with Crippen LogP contribution >= 0.6 is 12.2 Å². The Morgan fingerprint density at radius 2 is 2.00 bits per heavy atom. The molecular weight excluding hydrogens is 234 g/mol. The Morgan fingerprint density at radius 1 is 1.41 bits per heavy atom. The molecule has 1 aromatic carbocycles. The molecular formula is C12H17N3OS. The van der Waals surface area contributed by atoms with Crippen molar-refractivity contribution in [1.82, 2.24) is 4.90 Å². The average molecular weight is 251 g/mol. The molecule has 0 atom stereocenters. The highest BCUT2D eigenvalue weighted by atomic mass is 32.1. The van der Waals surface area contributed by atoms with Gasteiger partial charge in [0.25, 0.3) is 0 Å². The van der Waals surface area contributed by atoms with E-state index in [-0.39, 0.29) is 6.03 Å². The highest BCUT2D eigenvalue weighted by Crippen LogP contribution is 2.09. The summed E-state index contributed by atoms with van der Waals surface area (Å²) in [6, 6.07) is 7.48. The smallest absolute Gasteiger partial charge is 0.321 e. The molecule has 92 valence electrons. The molecule has 0 aliphatic rings. The zero-order valence-electron chi connectivity index (χ0n) is 10.1. The number of rotatable bonds is 4. The van der Waals surface area contributed by atoms with E-state index in [4.69, 9.17) is 18.0 Å². The summed E-state index contributed by atoms with van der Waals surface area (Å²) in [7, 11) is 1.71. The van der Waals surface area contributed by atoms with Gasteiger partial charge in [0, 0.05) is 25.7 Å². The minimum Gasteiger partial charge on any atom is -0.393 e. The second-order valence-corrected chi connectivity index (χ2v) is 4.46. The molecule has 0 fully saturated rings. The molecule has 0 aliphatic heterocycles. The summed E-state index contributed by atoms with van der Waals surface area (Å²) in [6.45, 7) is 2.52. The maximum absolute atomic E-state index is 11.7. The number of hydrogen-bond acceptors (Lipinski definition) is 2. The van der Waals surface area contributed by atoms with Gasteiger partial charge in [-0.05, 0) is 19.1 Å². The standard InChI is InChI=1S/C12H17N3OS/c1-9-3-5-10(6-4-9)14-12(16)15(2)8-7-11(13)17/h3-6H,7-8H2,1-2H3,(H2,13,17)(H,14,16). The van der Waals surface area contributed by atoms with Crippen LogP contribution in [-0.4, -0.2) is 29.5 Å². The third kappa shape index (κ3) is 4.82. The molecule has 4 nitrogen and oxygen atoms in total. The number of anilines is 1. The second-order valence-electron chi connectivity index (χ2n) is 3.93. The normalized spacial score (nSPS) is 9.76. The highest BCUT2D eigenvalue weighted by Gasteiger charge is 2.08. The lowest BCUT2D eigenvalue weighted by Gasteiger charge is -2.17. The first kappa shape index (κ1) is 13.4. The molecule has 0 saturated carbocycles. The number of nitrogens with zero attached hydrogens (tertiary/aromatic N) is 1. The van der Waals surface area contributed by atoms with Gasteiger partial charge >= 0.3 is 6.03 Å². The Balaban J connectivity index is 2.48. The van der Waals surface area contributed by atoms with Gasteiger partial charge in [-0.15, -0.1) is 0 Å². The first-order valence-electron chi connectivity index (χ1n) is 5.36. The molecule has 0 spiro atoms. The number of aryl methyl sites for hydroxylation is 1. The predicted molar refractivity (Wildman–Crippen MR) is 74.2 cm³/mol. The number of thiocarbonyl (C=S) groups is 1. The van der Waals surface area contributed by atoms with Gasteiger partial charge in [0.05, 0.1) is 4.99 Å². The lowest BCUT2D eigenvalue weighted by molar-refractivity contribution is 0.223. The van der Waals surface area contributed by atoms with Crippen LogP contribution in [0.1, 0.15) is 12.0 Å². The molecule has 1 aromatic rings. The van der Waals surface area contributed by atoms with E-state index in [0.29, 0.717) is 18.0 Å². The number of amides is 2. The van der Waals surface area contributed by atoms with E-state index in [0.717, 1.165) is 11.3 Å². The summed E-state index contributed by atoms with van der Waals surface area (Å²) in [5, 5.41) is 2.80. The van der Waals surface area contributed by atoms with Crippen molar-refractivity contribution in [2.45, 2.75) is 13.3 Å². The van der Waals surface area contributed by atoms with Crippen molar-refractivity contribution in [3.8, 4) is 0 Å². The lowest BCUT2D eigenvalue weighted by atomic mass is 10.2. The molecule has 0 aliphatic carbocycles. The van der Waals surface area contributed by atoms with Gasteiger partial charge < -0.3 is 16.0 Å². The van der Waals surface area contributed by atoms with Gasteiger partial charge in [0.1, 0.15) is 0 Å². The van der Waals surface area contributed by atoms with E-state index in [2.05, 4.69) is 5.32 Å². The zero-order chi connectivity index (χ0) is 12.8. The van der Waals surface area contributed by atoms with Crippen molar-refractivity contribution in [3.05, 3.63) is 29.8 Å². The summed E-state index contributed by atoms with van der Waals surface area (Å²) in [4.78, 5) is 13.7. The number of urea groups is 1. The summed E-state index contributed by atoms with van der Waals surface area (Å²) >= 11 is 4.76. The molecule has 0 radical (unpaired) electrons. The van der Waals surface area contributed by atoms with Crippen molar-refractivity contribution in [3.63, 3.8) is 0 Å². The molecule has 0 bridgehead atoms. The Labute approximate surface area is 107 Å². The third-order valence-electron chi connectivity index (χ3n) is 2.34. The molecule has 3 N–H and O–H groups in total. The number of hydrogen-bond donors (Lipinski definition) is 2. The SMILES string of the molecule is Cc1ccc(NC(=O)N(C)CCC(N)=S)cc1. The summed E-state index contributed by atoms with van der Waals surface area (Å²) < 4.78 is 0. The molecule has 0 unspecified atom stereocenters. The molecule has 1 rings (SSSR count). The summed E-state index contributed by atoms with van der Waals surface area (Å²) in [5.41, 5.74) is 7.32. The van der Waals surface area contributed by atoms with E-state index >= 15 is 0 Å². The molecule has 2 amide bonds. The highest BCUT2D eigenvalue weighted by molar-refractivity contribution is 7.80. The summed E-state index contributed by atoms with van der Waals surface area (Å²) in [6.07, 6.45) is 0.535. The fourth-order valence-corrected chi connectivity index (χ4v) is 1.33. The minimum absolute atomic E-state index is 0.162.